The molecule has 0 aliphatic rings. The molecule has 6 nitrogen and oxygen atoms in total. The van der Waals surface area contributed by atoms with Gasteiger partial charge in [0.2, 0.25) is 5.89 Å². The molecule has 6 heteroatoms. The molecule has 1 atom stereocenters. The second-order valence-electron chi connectivity index (χ2n) is 8.01. The molecule has 0 saturated heterocycles. The minimum atomic E-state index is -0.679. The van der Waals surface area contributed by atoms with E-state index in [1.165, 1.54) is 0 Å². The highest BCUT2D eigenvalue weighted by Gasteiger charge is 2.16. The molecule has 3 aromatic rings. The fourth-order valence-corrected chi connectivity index (χ4v) is 3.17. The molecule has 0 unspecified atom stereocenters. The van der Waals surface area contributed by atoms with E-state index >= 15 is 0 Å². The zero-order chi connectivity index (χ0) is 21.0. The number of ether oxygens (including phenoxy) is 1. The Morgan fingerprint density at radius 2 is 2.07 bits per heavy atom. The normalized spacial score (nSPS) is 12.7. The average Bonchev–Trinajstić information content (AvgIpc) is 3.10. The number of oxazole rings is 1. The molecule has 2 aromatic carbocycles. The Morgan fingerprint density at radius 1 is 1.28 bits per heavy atom. The zero-order valence-corrected chi connectivity index (χ0v) is 17.4. The fraction of sp³-hybridized carbons (Fsp3) is 0.391. The first-order valence-electron chi connectivity index (χ1n) is 9.83. The van der Waals surface area contributed by atoms with Crippen molar-refractivity contribution >= 4 is 17.0 Å². The van der Waals surface area contributed by atoms with Crippen molar-refractivity contribution in [2.75, 3.05) is 7.11 Å². The Balaban J connectivity index is 1.69. The van der Waals surface area contributed by atoms with Crippen molar-refractivity contribution in [3.8, 4) is 17.2 Å². The number of hydrogen-bond donors (Lipinski definition) is 2. The average molecular weight is 396 g/mol. The van der Waals surface area contributed by atoms with Gasteiger partial charge in [-0.15, -0.1) is 0 Å². The maximum atomic E-state index is 12.6. The number of nitrogens with one attached hydrogen (secondary N) is 1. The highest BCUT2D eigenvalue weighted by molar-refractivity contribution is 5.97. The van der Waals surface area contributed by atoms with Gasteiger partial charge in [-0.2, -0.15) is 0 Å². The Bertz CT molecular complexity index is 988. The van der Waals surface area contributed by atoms with Crippen molar-refractivity contribution in [3.05, 3.63) is 48.0 Å². The molecule has 0 aliphatic heterocycles. The minimum Gasteiger partial charge on any atom is -0.497 e. The Morgan fingerprint density at radius 3 is 2.79 bits per heavy atom. The number of carbonyl (C=O) groups excluding carboxylic acids is 1. The summed E-state index contributed by atoms with van der Waals surface area (Å²) in [5, 5.41) is 12.8. The van der Waals surface area contributed by atoms with Gasteiger partial charge in [0.05, 0.1) is 12.7 Å². The third kappa shape index (κ3) is 5.57. The SMILES string of the molecule is COc1cccc(-c2nc3ccc(C(=O)N[C@@H](C)CCCC(C)(C)O)cc3o2)c1. The first kappa shape index (κ1) is 20.9. The van der Waals surface area contributed by atoms with Gasteiger partial charge in [0, 0.05) is 17.2 Å². The Labute approximate surface area is 170 Å². The summed E-state index contributed by atoms with van der Waals surface area (Å²) in [7, 11) is 1.61. The van der Waals surface area contributed by atoms with Crippen molar-refractivity contribution in [3.63, 3.8) is 0 Å². The van der Waals surface area contributed by atoms with Gasteiger partial charge in [-0.05, 0) is 76.4 Å². The lowest BCUT2D eigenvalue weighted by Crippen LogP contribution is -2.33. The number of amides is 1. The van der Waals surface area contributed by atoms with Gasteiger partial charge in [0.15, 0.2) is 5.58 Å². The highest BCUT2D eigenvalue weighted by Crippen LogP contribution is 2.27. The molecular weight excluding hydrogens is 368 g/mol. The molecule has 0 aliphatic carbocycles. The van der Waals surface area contributed by atoms with E-state index < -0.39 is 5.60 Å². The summed E-state index contributed by atoms with van der Waals surface area (Å²) < 4.78 is 11.1. The number of fused-ring (bicyclic) bond motifs is 1. The molecule has 0 bridgehead atoms. The van der Waals surface area contributed by atoms with Crippen LogP contribution < -0.4 is 10.1 Å². The van der Waals surface area contributed by atoms with Crippen molar-refractivity contribution < 1.29 is 19.1 Å². The van der Waals surface area contributed by atoms with Crippen LogP contribution in [-0.4, -0.2) is 34.8 Å². The number of carbonyl (C=O) groups is 1. The largest absolute Gasteiger partial charge is 0.497 e. The van der Waals surface area contributed by atoms with Crippen molar-refractivity contribution in [1.82, 2.24) is 10.3 Å². The number of benzene rings is 2. The van der Waals surface area contributed by atoms with Crippen LogP contribution in [0.3, 0.4) is 0 Å². The summed E-state index contributed by atoms with van der Waals surface area (Å²) in [5.41, 5.74) is 1.91. The third-order valence-electron chi connectivity index (χ3n) is 4.77. The monoisotopic (exact) mass is 396 g/mol. The lowest BCUT2D eigenvalue weighted by molar-refractivity contribution is 0.0674. The van der Waals surface area contributed by atoms with Gasteiger partial charge in [0.25, 0.3) is 5.91 Å². The van der Waals surface area contributed by atoms with Crippen LogP contribution in [0.4, 0.5) is 0 Å². The molecular formula is C23H28N2O4. The van der Waals surface area contributed by atoms with E-state index in [-0.39, 0.29) is 11.9 Å². The summed E-state index contributed by atoms with van der Waals surface area (Å²) in [4.78, 5) is 17.1. The van der Waals surface area contributed by atoms with E-state index in [1.807, 2.05) is 31.2 Å². The van der Waals surface area contributed by atoms with Crippen LogP contribution in [0.25, 0.3) is 22.6 Å². The summed E-state index contributed by atoms with van der Waals surface area (Å²) in [6.07, 6.45) is 2.35. The van der Waals surface area contributed by atoms with Gasteiger partial charge >= 0.3 is 0 Å². The molecule has 154 valence electrons. The highest BCUT2D eigenvalue weighted by atomic mass is 16.5. The summed E-state index contributed by atoms with van der Waals surface area (Å²) in [6, 6.07) is 12.8. The van der Waals surface area contributed by atoms with Gasteiger partial charge in [0.1, 0.15) is 11.3 Å². The second-order valence-corrected chi connectivity index (χ2v) is 8.01. The smallest absolute Gasteiger partial charge is 0.251 e. The van der Waals surface area contributed by atoms with E-state index in [1.54, 1.807) is 39.2 Å². The van der Waals surface area contributed by atoms with E-state index in [4.69, 9.17) is 9.15 Å². The van der Waals surface area contributed by atoms with Crippen molar-refractivity contribution in [2.45, 2.75) is 51.7 Å². The maximum Gasteiger partial charge on any atom is 0.251 e. The van der Waals surface area contributed by atoms with Crippen molar-refractivity contribution in [1.29, 1.82) is 0 Å². The predicted octanol–water partition coefficient (Wildman–Crippen LogP) is 4.56. The van der Waals surface area contributed by atoms with Crippen LogP contribution >= 0.6 is 0 Å². The van der Waals surface area contributed by atoms with Crippen LogP contribution in [-0.2, 0) is 0 Å². The van der Waals surface area contributed by atoms with Gasteiger partial charge < -0.3 is 19.6 Å². The molecule has 2 N–H and O–H groups in total. The molecule has 1 aromatic heterocycles. The lowest BCUT2D eigenvalue weighted by Gasteiger charge is -2.19. The summed E-state index contributed by atoms with van der Waals surface area (Å²) in [5.74, 6) is 1.06. The maximum absolute atomic E-state index is 12.6. The third-order valence-corrected chi connectivity index (χ3v) is 4.77. The van der Waals surface area contributed by atoms with E-state index in [0.717, 1.165) is 24.2 Å². The van der Waals surface area contributed by atoms with Crippen LogP contribution in [0.5, 0.6) is 5.75 Å². The second kappa shape index (κ2) is 8.66. The van der Waals surface area contributed by atoms with Gasteiger partial charge in [-0.3, -0.25) is 4.79 Å². The molecule has 0 spiro atoms. The summed E-state index contributed by atoms with van der Waals surface area (Å²) >= 11 is 0. The number of methoxy groups -OCH3 is 1. The molecule has 0 saturated carbocycles. The minimum absolute atomic E-state index is 0.0163. The standard InChI is InChI=1S/C23H28N2O4/c1-15(7-6-12-23(2,3)27)24-21(26)16-10-11-19-20(14-16)29-22(25-19)17-8-5-9-18(13-17)28-4/h5,8-11,13-15,27H,6-7,12H2,1-4H3,(H,24,26)/t15-/m0/s1. The Kier molecular flexibility index (Phi) is 6.23. The quantitative estimate of drug-likeness (QED) is 0.583. The number of hydrogen-bond acceptors (Lipinski definition) is 5. The molecule has 0 fully saturated rings. The zero-order valence-electron chi connectivity index (χ0n) is 17.4. The molecule has 0 radical (unpaired) electrons. The van der Waals surface area contributed by atoms with Gasteiger partial charge in [-0.25, -0.2) is 4.98 Å². The van der Waals surface area contributed by atoms with Crippen LogP contribution in [0.15, 0.2) is 46.9 Å². The number of nitrogens with zero attached hydrogens (tertiary/aromatic N) is 1. The molecule has 1 heterocycles. The van der Waals surface area contributed by atoms with Crippen molar-refractivity contribution in [2.24, 2.45) is 0 Å². The topological polar surface area (TPSA) is 84.6 Å². The predicted molar refractivity (Wildman–Crippen MR) is 113 cm³/mol. The van der Waals surface area contributed by atoms with Crippen LogP contribution in [0.1, 0.15) is 50.4 Å². The lowest BCUT2D eigenvalue weighted by atomic mass is 9.99. The molecule has 3 rings (SSSR count). The fourth-order valence-electron chi connectivity index (χ4n) is 3.17. The number of aromatic nitrogens is 1. The molecule has 29 heavy (non-hydrogen) atoms. The molecule has 1 amide bonds. The van der Waals surface area contributed by atoms with E-state index in [9.17, 15) is 9.90 Å². The number of rotatable bonds is 8. The van der Waals surface area contributed by atoms with Gasteiger partial charge in [-0.1, -0.05) is 6.07 Å². The number of aliphatic hydroxyl groups is 1. The van der Waals surface area contributed by atoms with Crippen LogP contribution in [0, 0.1) is 0 Å². The Hall–Kier alpha value is -2.86. The summed E-state index contributed by atoms with van der Waals surface area (Å²) in [6.45, 7) is 5.56. The van der Waals surface area contributed by atoms with E-state index in [0.29, 0.717) is 29.0 Å². The van der Waals surface area contributed by atoms with Crippen LogP contribution in [0.2, 0.25) is 0 Å². The first-order valence-corrected chi connectivity index (χ1v) is 9.83. The van der Waals surface area contributed by atoms with E-state index in [2.05, 4.69) is 10.3 Å². The first-order chi connectivity index (χ1) is 13.7.